The highest BCUT2D eigenvalue weighted by Crippen LogP contribution is 2.20. The van der Waals surface area contributed by atoms with E-state index in [-0.39, 0.29) is 11.8 Å². The summed E-state index contributed by atoms with van der Waals surface area (Å²) < 4.78 is 0. The fraction of sp³-hybridized carbons (Fsp3) is 0.538. The van der Waals surface area contributed by atoms with Gasteiger partial charge in [0.2, 0.25) is 11.8 Å². The highest BCUT2D eigenvalue weighted by Gasteiger charge is 2.36. The van der Waals surface area contributed by atoms with Gasteiger partial charge in [-0.25, -0.2) is 0 Å². The van der Waals surface area contributed by atoms with Crippen LogP contribution in [0.2, 0.25) is 0 Å². The van der Waals surface area contributed by atoms with Gasteiger partial charge in [0, 0.05) is 19.5 Å². The molecule has 1 fully saturated rings. The maximum atomic E-state index is 12.4. The molecule has 0 atom stereocenters. The van der Waals surface area contributed by atoms with E-state index in [0.717, 1.165) is 0 Å². The Kier molecular flexibility index (Phi) is 3.43. The molecule has 0 unspecified atom stereocenters. The van der Waals surface area contributed by atoms with Crippen LogP contribution in [-0.2, 0) is 16.1 Å². The number of carbonyl (C=O) groups is 2. The molecule has 1 aromatic rings. The second-order valence-electron chi connectivity index (χ2n) is 5.23. The van der Waals surface area contributed by atoms with Crippen molar-refractivity contribution in [3.63, 3.8) is 0 Å². The zero-order valence-electron chi connectivity index (χ0n) is 10.9. The van der Waals surface area contributed by atoms with E-state index in [1.54, 1.807) is 30.1 Å². The Morgan fingerprint density at radius 3 is 2.72 bits per heavy atom. The quantitative estimate of drug-likeness (QED) is 0.885. The predicted molar refractivity (Wildman–Crippen MR) is 71.3 cm³/mol. The molecule has 0 saturated carbocycles. The summed E-state index contributed by atoms with van der Waals surface area (Å²) in [5, 5.41) is 6.91. The average Bonchev–Trinajstić information content (AvgIpc) is 2.64. The fourth-order valence-electron chi connectivity index (χ4n) is 2.10. The normalized spacial score (nSPS) is 19.6. The maximum absolute atomic E-state index is 12.4. The molecule has 0 aliphatic carbocycles. The molecule has 1 N–H and O–H groups in total. The van der Waals surface area contributed by atoms with Crippen LogP contribution in [0.4, 0.5) is 0 Å². The van der Waals surface area contributed by atoms with Crippen LogP contribution >= 0.6 is 11.3 Å². The summed E-state index contributed by atoms with van der Waals surface area (Å²) in [7, 11) is 0. The third-order valence-electron chi connectivity index (χ3n) is 3.21. The van der Waals surface area contributed by atoms with Crippen LogP contribution in [-0.4, -0.2) is 28.8 Å². The number of rotatable bonds is 2. The maximum Gasteiger partial charge on any atom is 0.248 e. The first-order valence-corrected chi connectivity index (χ1v) is 6.96. The SMILES string of the molecule is Cc1cscc1CN1CCC(=O)NC(C)(C)C1=O. The third-order valence-corrected chi connectivity index (χ3v) is 4.12. The minimum atomic E-state index is -0.808. The van der Waals surface area contributed by atoms with Gasteiger partial charge in [0.1, 0.15) is 5.54 Å². The Hall–Kier alpha value is -1.36. The summed E-state index contributed by atoms with van der Waals surface area (Å²) in [6.07, 6.45) is 0.373. The van der Waals surface area contributed by atoms with Crippen molar-refractivity contribution in [1.29, 1.82) is 0 Å². The lowest BCUT2D eigenvalue weighted by molar-refractivity contribution is -0.137. The topological polar surface area (TPSA) is 49.4 Å². The number of amides is 2. The van der Waals surface area contributed by atoms with Gasteiger partial charge in [0.05, 0.1) is 0 Å². The zero-order valence-corrected chi connectivity index (χ0v) is 11.8. The Morgan fingerprint density at radius 2 is 2.11 bits per heavy atom. The lowest BCUT2D eigenvalue weighted by Gasteiger charge is -2.28. The summed E-state index contributed by atoms with van der Waals surface area (Å²) in [5.41, 5.74) is 1.56. The van der Waals surface area contributed by atoms with Gasteiger partial charge in [-0.2, -0.15) is 11.3 Å². The first-order valence-electron chi connectivity index (χ1n) is 6.02. The van der Waals surface area contributed by atoms with Crippen molar-refractivity contribution in [2.75, 3.05) is 6.54 Å². The van der Waals surface area contributed by atoms with E-state index in [2.05, 4.69) is 16.1 Å². The van der Waals surface area contributed by atoms with Crippen LogP contribution < -0.4 is 5.32 Å². The predicted octanol–water partition coefficient (Wildman–Crippen LogP) is 1.68. The van der Waals surface area contributed by atoms with E-state index in [1.165, 1.54) is 11.1 Å². The Bertz CT molecular complexity index is 479. The first-order chi connectivity index (χ1) is 8.40. The monoisotopic (exact) mass is 266 g/mol. The van der Waals surface area contributed by atoms with Crippen LogP contribution in [0.3, 0.4) is 0 Å². The highest BCUT2D eigenvalue weighted by molar-refractivity contribution is 7.08. The first kappa shape index (κ1) is 13.1. The van der Waals surface area contributed by atoms with Crippen molar-refractivity contribution in [1.82, 2.24) is 10.2 Å². The number of nitrogens with one attached hydrogen (secondary N) is 1. The number of aryl methyl sites for hydroxylation is 1. The van der Waals surface area contributed by atoms with Crippen LogP contribution in [0.25, 0.3) is 0 Å². The van der Waals surface area contributed by atoms with Gasteiger partial charge in [0.15, 0.2) is 0 Å². The van der Waals surface area contributed by atoms with Crippen molar-refractivity contribution in [2.45, 2.75) is 39.3 Å². The minimum absolute atomic E-state index is 0.0149. The van der Waals surface area contributed by atoms with Crippen molar-refractivity contribution in [3.8, 4) is 0 Å². The van der Waals surface area contributed by atoms with Crippen molar-refractivity contribution in [3.05, 3.63) is 21.9 Å². The number of nitrogens with zero attached hydrogens (tertiary/aromatic N) is 1. The van der Waals surface area contributed by atoms with Crippen molar-refractivity contribution >= 4 is 23.2 Å². The molecule has 1 aliphatic heterocycles. The lowest BCUT2D eigenvalue weighted by atomic mass is 10.0. The van der Waals surface area contributed by atoms with E-state index in [4.69, 9.17) is 0 Å². The van der Waals surface area contributed by atoms with Crippen molar-refractivity contribution in [2.24, 2.45) is 0 Å². The molecule has 2 amide bonds. The van der Waals surface area contributed by atoms with Crippen LogP contribution in [0.5, 0.6) is 0 Å². The fourth-order valence-corrected chi connectivity index (χ4v) is 2.95. The van der Waals surface area contributed by atoms with Crippen LogP contribution in [0.1, 0.15) is 31.4 Å². The molecule has 1 saturated heterocycles. The Morgan fingerprint density at radius 1 is 1.39 bits per heavy atom. The van der Waals surface area contributed by atoms with Crippen LogP contribution in [0.15, 0.2) is 10.8 Å². The average molecular weight is 266 g/mol. The number of thiophene rings is 1. The molecule has 1 aromatic heterocycles. The standard InChI is InChI=1S/C13H18N2O2S/c1-9-7-18-8-10(9)6-15-5-4-11(16)14-13(2,3)12(15)17/h7-8H,4-6H2,1-3H3,(H,14,16). The van der Waals surface area contributed by atoms with E-state index in [9.17, 15) is 9.59 Å². The minimum Gasteiger partial charge on any atom is -0.342 e. The van der Waals surface area contributed by atoms with Gasteiger partial charge in [-0.15, -0.1) is 0 Å². The van der Waals surface area contributed by atoms with Crippen LogP contribution in [0, 0.1) is 6.92 Å². The van der Waals surface area contributed by atoms with Gasteiger partial charge in [-0.1, -0.05) is 0 Å². The van der Waals surface area contributed by atoms with Crippen molar-refractivity contribution < 1.29 is 9.59 Å². The molecule has 2 rings (SSSR count). The van der Waals surface area contributed by atoms with E-state index in [0.29, 0.717) is 19.5 Å². The molecule has 2 heterocycles. The molecular formula is C13H18N2O2S. The molecular weight excluding hydrogens is 248 g/mol. The molecule has 98 valence electrons. The van der Waals surface area contributed by atoms with Gasteiger partial charge >= 0.3 is 0 Å². The number of carbonyl (C=O) groups excluding carboxylic acids is 2. The number of hydrogen-bond donors (Lipinski definition) is 1. The van der Waals surface area contributed by atoms with E-state index < -0.39 is 5.54 Å². The summed E-state index contributed by atoms with van der Waals surface area (Å²) in [4.78, 5) is 25.7. The van der Waals surface area contributed by atoms with Gasteiger partial charge in [0.25, 0.3) is 0 Å². The second kappa shape index (κ2) is 4.72. The molecule has 1 aliphatic rings. The molecule has 0 aromatic carbocycles. The molecule has 18 heavy (non-hydrogen) atoms. The lowest BCUT2D eigenvalue weighted by Crippen LogP contribution is -2.52. The molecule has 0 radical (unpaired) electrons. The smallest absolute Gasteiger partial charge is 0.248 e. The summed E-state index contributed by atoms with van der Waals surface area (Å²) in [6, 6.07) is 0. The summed E-state index contributed by atoms with van der Waals surface area (Å²) in [5.74, 6) is -0.0724. The Balaban J connectivity index is 2.19. The summed E-state index contributed by atoms with van der Waals surface area (Å²) >= 11 is 1.64. The second-order valence-corrected chi connectivity index (χ2v) is 5.97. The third kappa shape index (κ3) is 2.56. The largest absolute Gasteiger partial charge is 0.342 e. The highest BCUT2D eigenvalue weighted by atomic mass is 32.1. The van der Waals surface area contributed by atoms with Gasteiger partial charge in [-0.3, -0.25) is 9.59 Å². The summed E-state index contributed by atoms with van der Waals surface area (Å²) in [6.45, 7) is 6.64. The molecule has 0 bridgehead atoms. The zero-order chi connectivity index (χ0) is 13.3. The number of hydrogen-bond acceptors (Lipinski definition) is 3. The van der Waals surface area contributed by atoms with E-state index in [1.807, 2.05) is 6.92 Å². The molecule has 4 nitrogen and oxygen atoms in total. The molecule has 0 spiro atoms. The van der Waals surface area contributed by atoms with Gasteiger partial charge < -0.3 is 10.2 Å². The molecule has 5 heteroatoms. The van der Waals surface area contributed by atoms with E-state index >= 15 is 0 Å². The Labute approximate surface area is 111 Å². The van der Waals surface area contributed by atoms with Gasteiger partial charge in [-0.05, 0) is 42.7 Å².